The van der Waals surface area contributed by atoms with Gasteiger partial charge in [-0.25, -0.2) is 4.39 Å². The first-order chi connectivity index (χ1) is 15.3. The molecule has 174 valence electrons. The van der Waals surface area contributed by atoms with Gasteiger partial charge >= 0.3 is 0 Å². The number of likely N-dealkylation sites (tertiary alicyclic amines) is 1. The third kappa shape index (κ3) is 6.99. The molecule has 2 aromatic rings. The van der Waals surface area contributed by atoms with Crippen LogP contribution in [0.1, 0.15) is 44.7 Å². The Labute approximate surface area is 193 Å². The number of ether oxygens (including phenoxy) is 1. The summed E-state index contributed by atoms with van der Waals surface area (Å²) in [6, 6.07) is 16.0. The van der Waals surface area contributed by atoms with Gasteiger partial charge in [0.1, 0.15) is 11.6 Å². The Bertz CT molecular complexity index is 850. The Balaban J connectivity index is 1.64. The van der Waals surface area contributed by atoms with Gasteiger partial charge in [0.05, 0.1) is 12.4 Å². The summed E-state index contributed by atoms with van der Waals surface area (Å²) in [5, 5.41) is 3.53. The molecule has 0 amide bonds. The molecule has 32 heavy (non-hydrogen) atoms. The van der Waals surface area contributed by atoms with Crippen LogP contribution >= 0.6 is 0 Å². The number of nitrogens with one attached hydrogen (secondary N) is 1. The first-order valence-electron chi connectivity index (χ1n) is 11.7. The van der Waals surface area contributed by atoms with Crippen molar-refractivity contribution in [3.8, 4) is 5.75 Å². The number of hydrogen-bond acceptors (Lipinski definition) is 4. The van der Waals surface area contributed by atoms with E-state index in [9.17, 15) is 4.39 Å². The second kappa shape index (κ2) is 11.4. The van der Waals surface area contributed by atoms with E-state index in [1.165, 1.54) is 17.7 Å². The third-order valence-corrected chi connectivity index (χ3v) is 6.24. The van der Waals surface area contributed by atoms with Crippen LogP contribution in [0.25, 0.3) is 0 Å². The largest absolute Gasteiger partial charge is 0.493 e. The molecule has 1 fully saturated rings. The summed E-state index contributed by atoms with van der Waals surface area (Å²) in [5.41, 5.74) is 2.27. The molecule has 2 aromatic carbocycles. The zero-order valence-corrected chi connectivity index (χ0v) is 20.0. The number of hydrogen-bond donors (Lipinski definition) is 1. The van der Waals surface area contributed by atoms with Crippen LogP contribution in [0.3, 0.4) is 0 Å². The van der Waals surface area contributed by atoms with E-state index in [1.807, 2.05) is 24.3 Å². The second-order valence-electron chi connectivity index (χ2n) is 9.41. The van der Waals surface area contributed by atoms with Crippen LogP contribution in [0, 0.1) is 11.7 Å². The molecular weight excluding hydrogens is 401 g/mol. The van der Waals surface area contributed by atoms with Crippen molar-refractivity contribution < 1.29 is 9.13 Å². The van der Waals surface area contributed by atoms with E-state index in [2.05, 4.69) is 61.6 Å². The first-order valence-corrected chi connectivity index (χ1v) is 11.7. The Kier molecular flexibility index (Phi) is 8.57. The van der Waals surface area contributed by atoms with E-state index < -0.39 is 0 Å². The lowest BCUT2D eigenvalue weighted by atomic mass is 9.97. The summed E-state index contributed by atoms with van der Waals surface area (Å²) in [7, 11) is 2.19. The van der Waals surface area contributed by atoms with E-state index in [-0.39, 0.29) is 5.82 Å². The fraction of sp³-hybridized carbons (Fsp3) is 0.481. The minimum absolute atomic E-state index is 0.203. The maximum atomic E-state index is 13.4. The highest BCUT2D eigenvalue weighted by atomic mass is 19.1. The minimum atomic E-state index is -0.203. The minimum Gasteiger partial charge on any atom is -0.493 e. The van der Waals surface area contributed by atoms with Crippen LogP contribution < -0.4 is 10.1 Å². The molecule has 1 saturated heterocycles. The van der Waals surface area contributed by atoms with Crippen molar-refractivity contribution >= 4 is 0 Å². The van der Waals surface area contributed by atoms with Crippen molar-refractivity contribution in [2.75, 3.05) is 20.2 Å². The van der Waals surface area contributed by atoms with Crippen LogP contribution in [0.5, 0.6) is 5.75 Å². The molecule has 0 radical (unpaired) electrons. The van der Waals surface area contributed by atoms with Gasteiger partial charge in [-0.3, -0.25) is 0 Å². The van der Waals surface area contributed by atoms with Gasteiger partial charge in [0, 0.05) is 31.7 Å². The molecule has 2 unspecified atom stereocenters. The number of rotatable bonds is 10. The molecular formula is C27H38FN3O. The fourth-order valence-corrected chi connectivity index (χ4v) is 4.05. The summed E-state index contributed by atoms with van der Waals surface area (Å²) < 4.78 is 19.2. The fourth-order valence-electron chi connectivity index (χ4n) is 4.05. The Morgan fingerprint density at radius 3 is 2.44 bits per heavy atom. The van der Waals surface area contributed by atoms with Crippen LogP contribution in [0.2, 0.25) is 0 Å². The van der Waals surface area contributed by atoms with E-state index in [0.29, 0.717) is 24.5 Å². The van der Waals surface area contributed by atoms with Crippen molar-refractivity contribution in [3.63, 3.8) is 0 Å². The summed E-state index contributed by atoms with van der Waals surface area (Å²) in [5.74, 6) is 2.12. The van der Waals surface area contributed by atoms with E-state index in [1.54, 1.807) is 0 Å². The molecule has 1 aliphatic heterocycles. The Morgan fingerprint density at radius 1 is 1.16 bits per heavy atom. The average molecular weight is 440 g/mol. The standard InChI is InChI=1S/C27H38FN3O/c1-20(2)19-32-27-12-8-23(9-13-27)17-29-22(4)31(18-24-6-10-25(28)11-7-24)26-14-15-30(5)21(3)16-26/h6-13,20-21,26,29H,4,14-19H2,1-3,5H3. The SMILES string of the molecule is C=C(NCc1ccc(OCC(C)C)cc1)N(Cc1ccc(F)cc1)C1CCN(C)C(C)C1. The highest BCUT2D eigenvalue weighted by Gasteiger charge is 2.28. The van der Waals surface area contributed by atoms with Crippen LogP contribution in [-0.2, 0) is 13.1 Å². The Morgan fingerprint density at radius 2 is 1.81 bits per heavy atom. The molecule has 0 spiro atoms. The molecule has 3 rings (SSSR count). The summed E-state index contributed by atoms with van der Waals surface area (Å²) in [6.45, 7) is 14.1. The molecule has 4 nitrogen and oxygen atoms in total. The predicted molar refractivity (Wildman–Crippen MR) is 130 cm³/mol. The number of nitrogens with zero attached hydrogens (tertiary/aromatic N) is 2. The second-order valence-corrected chi connectivity index (χ2v) is 9.41. The maximum absolute atomic E-state index is 13.4. The summed E-state index contributed by atoms with van der Waals surface area (Å²) in [6.07, 6.45) is 2.17. The van der Waals surface area contributed by atoms with Crippen LogP contribution in [0.15, 0.2) is 60.9 Å². The lowest BCUT2D eigenvalue weighted by molar-refractivity contribution is 0.100. The van der Waals surface area contributed by atoms with Gasteiger partial charge in [-0.15, -0.1) is 0 Å². The van der Waals surface area contributed by atoms with Gasteiger partial charge in [-0.1, -0.05) is 44.7 Å². The molecule has 0 saturated carbocycles. The van der Waals surface area contributed by atoms with Crippen molar-refractivity contribution in [2.45, 2.75) is 58.8 Å². The molecule has 5 heteroatoms. The van der Waals surface area contributed by atoms with Crippen molar-refractivity contribution in [2.24, 2.45) is 5.92 Å². The molecule has 1 aliphatic rings. The highest BCUT2D eigenvalue weighted by Crippen LogP contribution is 2.25. The topological polar surface area (TPSA) is 27.7 Å². The normalized spacial score (nSPS) is 19.1. The summed E-state index contributed by atoms with van der Waals surface area (Å²) in [4.78, 5) is 4.77. The quantitative estimate of drug-likeness (QED) is 0.536. The molecule has 0 bridgehead atoms. The van der Waals surface area contributed by atoms with Gasteiger partial charge < -0.3 is 19.9 Å². The molecule has 1 N–H and O–H groups in total. The lowest BCUT2D eigenvalue weighted by Crippen LogP contribution is -2.48. The van der Waals surface area contributed by atoms with Gasteiger partial charge in [0.25, 0.3) is 0 Å². The van der Waals surface area contributed by atoms with Crippen LogP contribution in [0.4, 0.5) is 4.39 Å². The van der Waals surface area contributed by atoms with Crippen molar-refractivity contribution in [3.05, 3.63) is 77.9 Å². The first kappa shape index (κ1) is 24.1. The Hall–Kier alpha value is -2.53. The maximum Gasteiger partial charge on any atom is 0.123 e. The third-order valence-electron chi connectivity index (χ3n) is 6.24. The van der Waals surface area contributed by atoms with E-state index in [0.717, 1.165) is 49.7 Å². The van der Waals surface area contributed by atoms with E-state index in [4.69, 9.17) is 4.74 Å². The number of benzene rings is 2. The van der Waals surface area contributed by atoms with Gasteiger partial charge in [-0.05, 0) is 68.1 Å². The average Bonchev–Trinajstić information content (AvgIpc) is 2.78. The molecule has 0 aromatic heterocycles. The van der Waals surface area contributed by atoms with Gasteiger partial charge in [0.15, 0.2) is 0 Å². The highest BCUT2D eigenvalue weighted by molar-refractivity contribution is 5.27. The zero-order chi connectivity index (χ0) is 23.1. The number of piperidine rings is 1. The van der Waals surface area contributed by atoms with Crippen molar-refractivity contribution in [1.82, 2.24) is 15.1 Å². The molecule has 2 atom stereocenters. The monoisotopic (exact) mass is 439 g/mol. The molecule has 0 aliphatic carbocycles. The zero-order valence-electron chi connectivity index (χ0n) is 20.0. The van der Waals surface area contributed by atoms with Crippen LogP contribution in [-0.4, -0.2) is 42.1 Å². The van der Waals surface area contributed by atoms with Gasteiger partial charge in [0.2, 0.25) is 0 Å². The lowest BCUT2D eigenvalue weighted by Gasteiger charge is -2.42. The molecule has 1 heterocycles. The van der Waals surface area contributed by atoms with Crippen molar-refractivity contribution in [1.29, 1.82) is 0 Å². The van der Waals surface area contributed by atoms with E-state index >= 15 is 0 Å². The summed E-state index contributed by atoms with van der Waals surface area (Å²) >= 11 is 0. The predicted octanol–water partition coefficient (Wildman–Crippen LogP) is 5.41. The number of halogens is 1. The smallest absolute Gasteiger partial charge is 0.123 e. The van der Waals surface area contributed by atoms with Gasteiger partial charge in [-0.2, -0.15) is 0 Å².